The van der Waals surface area contributed by atoms with E-state index in [4.69, 9.17) is 22.1 Å². The molecule has 0 aliphatic carbocycles. The number of anilines is 4. The summed E-state index contributed by atoms with van der Waals surface area (Å²) in [4.78, 5) is 35.6. The third-order valence-corrected chi connectivity index (χ3v) is 5.44. The van der Waals surface area contributed by atoms with Crippen LogP contribution in [0.1, 0.15) is 23.5 Å². The second-order valence-corrected chi connectivity index (χ2v) is 7.66. The Morgan fingerprint density at radius 1 is 1.28 bits per heavy atom. The summed E-state index contributed by atoms with van der Waals surface area (Å²) < 4.78 is 44.6. The normalized spacial score (nSPS) is 18.7. The monoisotopic (exact) mass is 470 g/mol. The number of aromatic nitrogens is 2. The zero-order chi connectivity index (χ0) is 23.0. The number of amides is 2. The molecule has 32 heavy (non-hydrogen) atoms. The van der Waals surface area contributed by atoms with E-state index in [1.807, 2.05) is 4.90 Å². The average Bonchev–Trinajstić information content (AvgIpc) is 2.74. The predicted molar refractivity (Wildman–Crippen MR) is 111 cm³/mol. The van der Waals surface area contributed by atoms with Crippen LogP contribution in [0.25, 0.3) is 0 Å². The van der Waals surface area contributed by atoms with Crippen molar-refractivity contribution in [1.82, 2.24) is 9.97 Å². The van der Waals surface area contributed by atoms with Crippen LogP contribution in [0.15, 0.2) is 18.2 Å². The fourth-order valence-corrected chi connectivity index (χ4v) is 3.79. The van der Waals surface area contributed by atoms with Crippen LogP contribution < -0.4 is 21.3 Å². The molecule has 1 aromatic carbocycles. The summed E-state index contributed by atoms with van der Waals surface area (Å²) in [5.74, 6) is -1.88. The van der Waals surface area contributed by atoms with Gasteiger partial charge in [-0.1, -0.05) is 11.6 Å². The number of halogens is 4. The summed E-state index contributed by atoms with van der Waals surface area (Å²) in [5.41, 5.74) is 5.11. The molecule has 2 aliphatic heterocycles. The third kappa shape index (κ3) is 4.41. The number of nitrogen functional groups attached to an aromatic ring is 1. The Morgan fingerprint density at radius 2 is 2.00 bits per heavy atom. The topological polar surface area (TPSA) is 122 Å². The molecule has 0 radical (unpaired) electrons. The number of carbonyl (C=O) groups is 2. The van der Waals surface area contributed by atoms with Gasteiger partial charge in [-0.2, -0.15) is 23.1 Å². The molecule has 0 bridgehead atoms. The van der Waals surface area contributed by atoms with Crippen LogP contribution in [0.5, 0.6) is 0 Å². The number of ether oxygens (including phenoxy) is 1. The van der Waals surface area contributed by atoms with Crippen molar-refractivity contribution in [3.8, 4) is 0 Å². The highest BCUT2D eigenvalue weighted by atomic mass is 35.5. The van der Waals surface area contributed by atoms with Crippen molar-refractivity contribution < 1.29 is 27.5 Å². The van der Waals surface area contributed by atoms with Crippen molar-refractivity contribution in [2.75, 3.05) is 47.6 Å². The van der Waals surface area contributed by atoms with Gasteiger partial charge < -0.3 is 26.0 Å². The first-order valence-electron chi connectivity index (χ1n) is 9.61. The number of nitrogens with one attached hydrogen (secondary N) is 2. The fourth-order valence-electron chi connectivity index (χ4n) is 3.56. The highest BCUT2D eigenvalue weighted by molar-refractivity contribution is 6.31. The lowest BCUT2D eigenvalue weighted by molar-refractivity contribution is -0.137. The Labute approximate surface area is 185 Å². The van der Waals surface area contributed by atoms with Crippen molar-refractivity contribution in [1.29, 1.82) is 0 Å². The molecule has 1 unspecified atom stereocenters. The van der Waals surface area contributed by atoms with Gasteiger partial charge in [-0.05, 0) is 18.2 Å². The number of alkyl halides is 3. The fraction of sp³-hybridized carbons (Fsp3) is 0.368. The van der Waals surface area contributed by atoms with Gasteiger partial charge in [0.2, 0.25) is 17.8 Å². The number of rotatable bonds is 3. The quantitative estimate of drug-likeness (QED) is 0.630. The number of hydrogen-bond acceptors (Lipinski definition) is 7. The average molecular weight is 471 g/mol. The van der Waals surface area contributed by atoms with E-state index >= 15 is 0 Å². The van der Waals surface area contributed by atoms with E-state index in [9.17, 15) is 22.8 Å². The van der Waals surface area contributed by atoms with Crippen LogP contribution in [-0.4, -0.2) is 48.1 Å². The maximum atomic E-state index is 13.1. The van der Waals surface area contributed by atoms with Crippen molar-refractivity contribution in [3.63, 3.8) is 0 Å². The Morgan fingerprint density at radius 3 is 2.69 bits per heavy atom. The molecule has 4 rings (SSSR count). The predicted octanol–water partition coefficient (Wildman–Crippen LogP) is 2.63. The number of fused-ring (bicyclic) bond motifs is 1. The molecule has 0 saturated carbocycles. The van der Waals surface area contributed by atoms with Gasteiger partial charge in [0.15, 0.2) is 0 Å². The lowest BCUT2D eigenvalue weighted by Gasteiger charge is -2.30. The van der Waals surface area contributed by atoms with Crippen molar-refractivity contribution in [3.05, 3.63) is 34.3 Å². The highest BCUT2D eigenvalue weighted by Crippen LogP contribution is 2.38. The molecular weight excluding hydrogens is 453 g/mol. The smallest absolute Gasteiger partial charge is 0.383 e. The molecule has 2 aliphatic rings. The number of nitrogens with two attached hydrogens (primary N) is 1. The van der Waals surface area contributed by atoms with Crippen LogP contribution in [0.4, 0.5) is 36.4 Å². The number of morpholine rings is 1. The number of carbonyl (C=O) groups excluding carboxylic acids is 2. The Bertz CT molecular complexity index is 1080. The second kappa shape index (κ2) is 8.43. The lowest BCUT2D eigenvalue weighted by atomic mass is 9.91. The SMILES string of the molecule is Nc1nc(N2CCOCC2)nc2c1C(C(=O)Nc1ccc(Cl)c(C(F)(F)F)c1)CC(=O)N2. The molecule has 1 fully saturated rings. The highest BCUT2D eigenvalue weighted by Gasteiger charge is 2.36. The molecule has 4 N–H and O–H groups in total. The van der Waals surface area contributed by atoms with Gasteiger partial charge in [0, 0.05) is 25.2 Å². The van der Waals surface area contributed by atoms with Crippen molar-refractivity contribution in [2.45, 2.75) is 18.5 Å². The van der Waals surface area contributed by atoms with E-state index < -0.39 is 34.5 Å². The summed E-state index contributed by atoms with van der Waals surface area (Å²) in [6, 6.07) is 3.00. The van der Waals surface area contributed by atoms with Crippen LogP contribution in [0, 0.1) is 0 Å². The van der Waals surface area contributed by atoms with E-state index in [1.165, 1.54) is 6.07 Å². The van der Waals surface area contributed by atoms with Gasteiger partial charge in [-0.3, -0.25) is 9.59 Å². The van der Waals surface area contributed by atoms with E-state index in [1.54, 1.807) is 0 Å². The van der Waals surface area contributed by atoms with Gasteiger partial charge in [0.25, 0.3) is 0 Å². The van der Waals surface area contributed by atoms with Crippen LogP contribution >= 0.6 is 11.6 Å². The van der Waals surface area contributed by atoms with Gasteiger partial charge in [0.05, 0.1) is 35.3 Å². The first-order valence-corrected chi connectivity index (χ1v) is 9.99. The zero-order valence-electron chi connectivity index (χ0n) is 16.5. The minimum absolute atomic E-state index is 0.00345. The molecule has 1 aromatic heterocycles. The second-order valence-electron chi connectivity index (χ2n) is 7.26. The van der Waals surface area contributed by atoms with Gasteiger partial charge in [-0.25, -0.2) is 0 Å². The van der Waals surface area contributed by atoms with E-state index in [0.717, 1.165) is 12.1 Å². The molecule has 13 heteroatoms. The van der Waals surface area contributed by atoms with E-state index in [0.29, 0.717) is 32.3 Å². The van der Waals surface area contributed by atoms with Gasteiger partial charge in [0.1, 0.15) is 11.6 Å². The molecular formula is C19H18ClF3N6O3. The molecule has 1 saturated heterocycles. The lowest BCUT2D eigenvalue weighted by Crippen LogP contribution is -2.38. The summed E-state index contributed by atoms with van der Waals surface area (Å²) >= 11 is 5.62. The maximum Gasteiger partial charge on any atom is 0.417 e. The standard InChI is InChI=1S/C19H18ClF3N6O3/c20-12-2-1-9(7-11(12)19(21,22)23)25-17(31)10-8-13(30)26-16-14(10)15(24)27-18(28-16)29-3-5-32-6-4-29/h1-2,7,10H,3-6,8H2,(H,25,31)(H3,24,26,27,28,30). The molecule has 2 amide bonds. The van der Waals surface area contributed by atoms with Crippen molar-refractivity contribution >= 4 is 46.7 Å². The zero-order valence-corrected chi connectivity index (χ0v) is 17.3. The summed E-state index contributed by atoms with van der Waals surface area (Å²) in [6.07, 6.45) is -4.95. The Balaban J connectivity index is 1.63. The van der Waals surface area contributed by atoms with Gasteiger partial charge >= 0.3 is 6.18 Å². The largest absolute Gasteiger partial charge is 0.417 e. The van der Waals surface area contributed by atoms with Crippen molar-refractivity contribution in [2.24, 2.45) is 0 Å². The first-order chi connectivity index (χ1) is 15.1. The first kappa shape index (κ1) is 22.1. The maximum absolute atomic E-state index is 13.1. The third-order valence-electron chi connectivity index (χ3n) is 5.11. The molecule has 170 valence electrons. The molecule has 3 heterocycles. The summed E-state index contributed by atoms with van der Waals surface area (Å²) in [6.45, 7) is 2.04. The Kier molecular flexibility index (Phi) is 5.82. The molecule has 9 nitrogen and oxygen atoms in total. The molecule has 1 atom stereocenters. The molecule has 2 aromatic rings. The van der Waals surface area contributed by atoms with E-state index in [-0.39, 0.29) is 29.3 Å². The summed E-state index contributed by atoms with van der Waals surface area (Å²) in [5, 5.41) is 4.50. The molecule has 0 spiro atoms. The van der Waals surface area contributed by atoms with Gasteiger partial charge in [-0.15, -0.1) is 0 Å². The number of hydrogen-bond donors (Lipinski definition) is 3. The minimum Gasteiger partial charge on any atom is -0.383 e. The van der Waals surface area contributed by atoms with Crippen LogP contribution in [0.3, 0.4) is 0 Å². The minimum atomic E-state index is -4.69. The van der Waals surface area contributed by atoms with Crippen LogP contribution in [0.2, 0.25) is 5.02 Å². The number of nitrogens with zero attached hydrogens (tertiary/aromatic N) is 3. The summed E-state index contributed by atoms with van der Waals surface area (Å²) in [7, 11) is 0. The number of benzene rings is 1. The Hall–Kier alpha value is -3.12. The van der Waals surface area contributed by atoms with Crippen LogP contribution in [-0.2, 0) is 20.5 Å². The van der Waals surface area contributed by atoms with E-state index in [2.05, 4.69) is 20.6 Å².